The number of aromatic nitrogens is 2. The van der Waals surface area contributed by atoms with Crippen molar-refractivity contribution in [1.29, 1.82) is 0 Å². The predicted octanol–water partition coefficient (Wildman–Crippen LogP) is 2.94. The van der Waals surface area contributed by atoms with Gasteiger partial charge in [0.1, 0.15) is 0 Å². The Bertz CT molecular complexity index is 748. The smallest absolute Gasteiger partial charge is 0.138 e. The Hall–Kier alpha value is -2.74. The summed E-state index contributed by atoms with van der Waals surface area (Å²) >= 11 is 0. The van der Waals surface area contributed by atoms with Gasteiger partial charge in [-0.25, -0.2) is 0 Å². The molecule has 0 saturated carbocycles. The average Bonchev–Trinajstić information content (AvgIpc) is 2.56. The highest BCUT2D eigenvalue weighted by Gasteiger charge is 2.22. The fraction of sp³-hybridized carbons (Fsp3) is 0.0526. The maximum atomic E-state index is 3.90. The van der Waals surface area contributed by atoms with Crippen LogP contribution in [0.25, 0.3) is 11.9 Å². The third kappa shape index (κ3) is 2.90. The first-order valence-electron chi connectivity index (χ1n) is 7.04. The molecular formula is C19H18N2+2. The van der Waals surface area contributed by atoms with E-state index in [9.17, 15) is 0 Å². The van der Waals surface area contributed by atoms with E-state index in [1.165, 1.54) is 5.56 Å². The molecule has 102 valence electrons. The Morgan fingerprint density at radius 3 is 2.33 bits per heavy atom. The van der Waals surface area contributed by atoms with Crippen molar-refractivity contribution in [2.24, 2.45) is 0 Å². The van der Waals surface area contributed by atoms with Crippen molar-refractivity contribution in [2.75, 3.05) is 0 Å². The summed E-state index contributed by atoms with van der Waals surface area (Å²) in [6.07, 6.45) is 6.04. The molecule has 2 heteroatoms. The minimum atomic E-state index is 0.843. The van der Waals surface area contributed by atoms with E-state index in [1.807, 2.05) is 24.3 Å². The third-order valence-electron chi connectivity index (χ3n) is 3.46. The summed E-state index contributed by atoms with van der Waals surface area (Å²) in [6.45, 7) is 4.74. The van der Waals surface area contributed by atoms with E-state index in [0.29, 0.717) is 0 Å². The molecule has 2 aromatic heterocycles. The van der Waals surface area contributed by atoms with Crippen LogP contribution in [0.3, 0.4) is 0 Å². The topological polar surface area (TPSA) is 7.76 Å². The molecule has 21 heavy (non-hydrogen) atoms. The fourth-order valence-electron chi connectivity index (χ4n) is 2.43. The zero-order chi connectivity index (χ0) is 14.5. The van der Waals surface area contributed by atoms with Gasteiger partial charge in [-0.05, 0) is 12.1 Å². The summed E-state index contributed by atoms with van der Waals surface area (Å²) in [6, 6.07) is 22.8. The summed E-state index contributed by atoms with van der Waals surface area (Å²) in [4.78, 5) is 0. The molecule has 3 rings (SSSR count). The van der Waals surface area contributed by atoms with Crippen LogP contribution in [0, 0.1) is 0 Å². The van der Waals surface area contributed by atoms with Crippen LogP contribution in [0.4, 0.5) is 0 Å². The monoisotopic (exact) mass is 274 g/mol. The van der Waals surface area contributed by atoms with Crippen molar-refractivity contribution in [3.8, 4) is 5.82 Å². The van der Waals surface area contributed by atoms with Crippen LogP contribution in [-0.4, -0.2) is 0 Å². The Morgan fingerprint density at radius 1 is 0.810 bits per heavy atom. The highest BCUT2D eigenvalue weighted by Crippen LogP contribution is 2.02. The molecule has 1 aromatic carbocycles. The normalized spacial score (nSPS) is 10.3. The number of nitrogens with zero attached hydrogens (tertiary/aromatic N) is 2. The maximum Gasteiger partial charge on any atom is 0.449 e. The number of benzene rings is 1. The molecule has 0 unspecified atom stereocenters. The van der Waals surface area contributed by atoms with Crippen LogP contribution in [0.1, 0.15) is 11.3 Å². The van der Waals surface area contributed by atoms with Gasteiger partial charge >= 0.3 is 5.82 Å². The van der Waals surface area contributed by atoms with Gasteiger partial charge in [-0.1, -0.05) is 36.9 Å². The molecule has 0 N–H and O–H groups in total. The van der Waals surface area contributed by atoms with Crippen LogP contribution in [0.15, 0.2) is 85.7 Å². The van der Waals surface area contributed by atoms with Crippen LogP contribution < -0.4 is 9.13 Å². The van der Waals surface area contributed by atoms with Crippen LogP contribution in [0.5, 0.6) is 0 Å². The molecular weight excluding hydrogens is 256 g/mol. The largest absolute Gasteiger partial charge is 0.449 e. The average molecular weight is 274 g/mol. The number of pyridine rings is 2. The first kappa shape index (κ1) is 13.3. The van der Waals surface area contributed by atoms with E-state index in [1.54, 1.807) is 0 Å². The third-order valence-corrected chi connectivity index (χ3v) is 3.46. The van der Waals surface area contributed by atoms with Crippen LogP contribution in [0.2, 0.25) is 0 Å². The highest BCUT2D eigenvalue weighted by molar-refractivity contribution is 5.37. The lowest BCUT2D eigenvalue weighted by atomic mass is 10.2. The van der Waals surface area contributed by atoms with Crippen molar-refractivity contribution < 1.29 is 9.13 Å². The van der Waals surface area contributed by atoms with Gasteiger partial charge < -0.3 is 0 Å². The van der Waals surface area contributed by atoms with Crippen molar-refractivity contribution in [3.63, 3.8) is 0 Å². The highest BCUT2D eigenvalue weighted by atomic mass is 15.1. The summed E-state index contributed by atoms with van der Waals surface area (Å²) < 4.78 is 4.39. The molecule has 0 spiro atoms. The Balaban J connectivity index is 2.06. The molecule has 0 saturated heterocycles. The Morgan fingerprint density at radius 2 is 1.52 bits per heavy atom. The predicted molar refractivity (Wildman–Crippen MR) is 83.8 cm³/mol. The Kier molecular flexibility index (Phi) is 3.88. The minimum absolute atomic E-state index is 0.843. The van der Waals surface area contributed by atoms with Gasteiger partial charge in [-0.3, -0.25) is 0 Å². The second kappa shape index (κ2) is 6.14. The van der Waals surface area contributed by atoms with Gasteiger partial charge in [-0.2, -0.15) is 0 Å². The lowest BCUT2D eigenvalue weighted by Gasteiger charge is -2.01. The number of hydrogen-bond acceptors (Lipinski definition) is 0. The lowest BCUT2D eigenvalue weighted by molar-refractivity contribution is -0.788. The maximum absolute atomic E-state index is 3.90. The molecule has 0 radical (unpaired) electrons. The second-order valence-electron chi connectivity index (χ2n) is 4.87. The van der Waals surface area contributed by atoms with Gasteiger partial charge in [-0.15, -0.1) is 9.13 Å². The van der Waals surface area contributed by atoms with Gasteiger partial charge in [0.05, 0.1) is 6.07 Å². The summed E-state index contributed by atoms with van der Waals surface area (Å²) in [5.74, 6) is 1.12. The van der Waals surface area contributed by atoms with Crippen molar-refractivity contribution in [1.82, 2.24) is 0 Å². The molecule has 0 aliphatic heterocycles. The van der Waals surface area contributed by atoms with E-state index in [4.69, 9.17) is 0 Å². The first-order valence-corrected chi connectivity index (χ1v) is 7.04. The molecule has 0 atom stereocenters. The van der Waals surface area contributed by atoms with Crippen molar-refractivity contribution >= 4 is 6.08 Å². The van der Waals surface area contributed by atoms with E-state index in [0.717, 1.165) is 18.1 Å². The minimum Gasteiger partial charge on any atom is -0.138 e. The van der Waals surface area contributed by atoms with E-state index < -0.39 is 0 Å². The Labute approximate surface area is 125 Å². The van der Waals surface area contributed by atoms with Gasteiger partial charge in [0.15, 0.2) is 18.9 Å². The molecule has 0 bridgehead atoms. The molecule has 3 aromatic rings. The number of hydrogen-bond donors (Lipinski definition) is 0. The SMILES string of the molecule is C=Cc1cccc[n+]1-c1cccc[n+]1Cc1ccccc1. The van der Waals surface area contributed by atoms with E-state index in [2.05, 4.69) is 76.6 Å². The molecule has 0 aliphatic rings. The summed E-state index contributed by atoms with van der Waals surface area (Å²) in [5.41, 5.74) is 2.36. The van der Waals surface area contributed by atoms with E-state index >= 15 is 0 Å². The zero-order valence-corrected chi connectivity index (χ0v) is 11.9. The summed E-state index contributed by atoms with van der Waals surface area (Å²) in [5, 5.41) is 0. The van der Waals surface area contributed by atoms with Gasteiger partial charge in [0, 0.05) is 29.8 Å². The zero-order valence-electron chi connectivity index (χ0n) is 11.9. The van der Waals surface area contributed by atoms with Crippen LogP contribution >= 0.6 is 0 Å². The van der Waals surface area contributed by atoms with E-state index in [-0.39, 0.29) is 0 Å². The second-order valence-corrected chi connectivity index (χ2v) is 4.87. The summed E-state index contributed by atoms with van der Waals surface area (Å²) in [7, 11) is 0. The van der Waals surface area contributed by atoms with Crippen LogP contribution in [-0.2, 0) is 6.54 Å². The van der Waals surface area contributed by atoms with Crippen molar-refractivity contribution in [2.45, 2.75) is 6.54 Å². The van der Waals surface area contributed by atoms with Gasteiger partial charge in [0.2, 0.25) is 5.69 Å². The molecule has 2 nitrogen and oxygen atoms in total. The molecule has 0 aliphatic carbocycles. The standard InChI is InChI=1S/C19H18N2/c1-2-18-12-6-9-15-21(18)19-13-7-8-14-20(19)16-17-10-4-3-5-11-17/h2-15H,1,16H2/q+2. The van der Waals surface area contributed by atoms with Gasteiger partial charge in [0.25, 0.3) is 0 Å². The lowest BCUT2D eigenvalue weighted by Crippen LogP contribution is -2.50. The molecule has 2 heterocycles. The fourth-order valence-corrected chi connectivity index (χ4v) is 2.43. The molecule has 0 amide bonds. The number of rotatable bonds is 4. The quantitative estimate of drug-likeness (QED) is 0.646. The first-order chi connectivity index (χ1) is 10.4. The molecule has 0 fully saturated rings. The van der Waals surface area contributed by atoms with Crippen molar-refractivity contribution in [3.05, 3.63) is 97.0 Å².